The van der Waals surface area contributed by atoms with Gasteiger partial charge in [-0.2, -0.15) is 10.0 Å². The van der Waals surface area contributed by atoms with Crippen LogP contribution in [0.15, 0.2) is 4.52 Å². The summed E-state index contributed by atoms with van der Waals surface area (Å²) in [4.78, 5) is 23.6. The number of carbonyl (C=O) groups is 1. The van der Waals surface area contributed by atoms with Gasteiger partial charge in [0.1, 0.15) is 0 Å². The Balaban J connectivity index is 1.68. The molecule has 0 aromatic carbocycles. The van der Waals surface area contributed by atoms with E-state index in [4.69, 9.17) is 9.36 Å². The highest BCUT2D eigenvalue weighted by molar-refractivity contribution is 5.76. The van der Waals surface area contributed by atoms with E-state index in [-0.39, 0.29) is 11.8 Å². The molecular weight excluding hydrogens is 284 g/mol. The number of carbonyl (C=O) groups excluding carboxylic acids is 1. The first kappa shape index (κ1) is 16.9. The summed E-state index contributed by atoms with van der Waals surface area (Å²) >= 11 is 0. The van der Waals surface area contributed by atoms with Crippen LogP contribution in [0.25, 0.3) is 0 Å². The second-order valence-electron chi connectivity index (χ2n) is 5.99. The Bertz CT molecular complexity index is 469. The van der Waals surface area contributed by atoms with Crippen molar-refractivity contribution in [3.05, 3.63) is 11.7 Å². The number of nitrogens with zero attached hydrogens (tertiary/aromatic N) is 4. The van der Waals surface area contributed by atoms with Crippen LogP contribution in [0.4, 0.5) is 0 Å². The van der Waals surface area contributed by atoms with E-state index in [1.165, 1.54) is 0 Å². The van der Waals surface area contributed by atoms with Crippen LogP contribution in [0.5, 0.6) is 0 Å². The molecule has 2 rings (SSSR count). The molecule has 1 amide bonds. The molecule has 1 saturated heterocycles. The van der Waals surface area contributed by atoms with Crippen LogP contribution in [0, 0.1) is 0 Å². The van der Waals surface area contributed by atoms with Gasteiger partial charge in [-0.1, -0.05) is 19.0 Å². The Morgan fingerprint density at radius 3 is 2.86 bits per heavy atom. The standard InChI is InChI=1S/C15H26N4O3/c1-12(2)15-16-13(17-22-15)6-9-18(3)14(20)7-10-19-8-4-5-11-21-19/h12H,4-11H2,1-3H3. The van der Waals surface area contributed by atoms with Crippen molar-refractivity contribution < 1.29 is 14.2 Å². The van der Waals surface area contributed by atoms with Crippen molar-refractivity contribution in [2.75, 3.05) is 33.3 Å². The first-order valence-electron chi connectivity index (χ1n) is 8.00. The number of amides is 1. The van der Waals surface area contributed by atoms with E-state index >= 15 is 0 Å². The lowest BCUT2D eigenvalue weighted by Crippen LogP contribution is -2.35. The summed E-state index contributed by atoms with van der Waals surface area (Å²) in [5.41, 5.74) is 0. The normalized spacial score (nSPS) is 16.2. The van der Waals surface area contributed by atoms with E-state index < -0.39 is 0 Å². The Kier molecular flexibility index (Phi) is 6.33. The summed E-state index contributed by atoms with van der Waals surface area (Å²) < 4.78 is 5.16. The zero-order valence-electron chi connectivity index (χ0n) is 13.7. The van der Waals surface area contributed by atoms with Gasteiger partial charge in [0.15, 0.2) is 5.82 Å². The summed E-state index contributed by atoms with van der Waals surface area (Å²) in [6.07, 6.45) is 3.33. The third kappa shape index (κ3) is 5.06. The summed E-state index contributed by atoms with van der Waals surface area (Å²) in [6, 6.07) is 0. The Hall–Kier alpha value is -1.47. The molecule has 0 spiro atoms. The minimum atomic E-state index is 0.113. The minimum Gasteiger partial charge on any atom is -0.345 e. The van der Waals surface area contributed by atoms with Crippen LogP contribution < -0.4 is 0 Å². The second-order valence-corrected chi connectivity index (χ2v) is 5.99. The van der Waals surface area contributed by atoms with Crippen LogP contribution >= 0.6 is 0 Å². The van der Waals surface area contributed by atoms with Gasteiger partial charge in [-0.3, -0.25) is 9.63 Å². The van der Waals surface area contributed by atoms with Crippen molar-refractivity contribution in [3.8, 4) is 0 Å². The van der Waals surface area contributed by atoms with Crippen molar-refractivity contribution in [2.24, 2.45) is 0 Å². The van der Waals surface area contributed by atoms with E-state index in [0.29, 0.717) is 37.6 Å². The molecule has 7 heteroatoms. The molecule has 0 aliphatic carbocycles. The Morgan fingerprint density at radius 1 is 1.41 bits per heavy atom. The molecule has 0 atom stereocenters. The van der Waals surface area contributed by atoms with Gasteiger partial charge in [-0.15, -0.1) is 0 Å². The maximum Gasteiger partial charge on any atom is 0.229 e. The first-order valence-corrected chi connectivity index (χ1v) is 8.00. The van der Waals surface area contributed by atoms with Crippen LogP contribution in [0.3, 0.4) is 0 Å². The SMILES string of the molecule is CC(C)c1nc(CCN(C)C(=O)CCN2CCCCO2)no1. The Labute approximate surface area is 131 Å². The van der Waals surface area contributed by atoms with Crippen molar-refractivity contribution in [2.45, 2.75) is 45.4 Å². The van der Waals surface area contributed by atoms with Gasteiger partial charge in [0.25, 0.3) is 0 Å². The molecule has 1 aliphatic heterocycles. The molecule has 1 fully saturated rings. The third-order valence-electron chi connectivity index (χ3n) is 3.73. The third-order valence-corrected chi connectivity index (χ3v) is 3.73. The van der Waals surface area contributed by atoms with Gasteiger partial charge >= 0.3 is 0 Å². The molecule has 7 nitrogen and oxygen atoms in total. The summed E-state index contributed by atoms with van der Waals surface area (Å²) in [6.45, 7) is 6.95. The van der Waals surface area contributed by atoms with Gasteiger partial charge in [0.05, 0.1) is 6.61 Å². The van der Waals surface area contributed by atoms with Gasteiger partial charge in [-0.25, -0.2) is 0 Å². The van der Waals surface area contributed by atoms with Gasteiger partial charge in [0.2, 0.25) is 11.8 Å². The van der Waals surface area contributed by atoms with E-state index in [0.717, 1.165) is 26.0 Å². The minimum absolute atomic E-state index is 0.113. The molecule has 1 aromatic heterocycles. The number of hydrogen-bond donors (Lipinski definition) is 0. The van der Waals surface area contributed by atoms with Crippen molar-refractivity contribution in [3.63, 3.8) is 0 Å². The lowest BCUT2D eigenvalue weighted by Gasteiger charge is -2.26. The van der Waals surface area contributed by atoms with Gasteiger partial charge in [-0.05, 0) is 12.8 Å². The van der Waals surface area contributed by atoms with Crippen LogP contribution in [0.2, 0.25) is 0 Å². The molecule has 0 unspecified atom stereocenters. The molecule has 124 valence electrons. The van der Waals surface area contributed by atoms with E-state index in [9.17, 15) is 4.79 Å². The molecule has 0 saturated carbocycles. The van der Waals surface area contributed by atoms with Gasteiger partial charge in [0, 0.05) is 45.4 Å². The average Bonchev–Trinajstić information content (AvgIpc) is 3.00. The summed E-state index contributed by atoms with van der Waals surface area (Å²) in [5.74, 6) is 1.64. The molecule has 0 bridgehead atoms. The van der Waals surface area contributed by atoms with E-state index in [2.05, 4.69) is 10.1 Å². The second kappa shape index (κ2) is 8.24. The monoisotopic (exact) mass is 310 g/mol. The number of aromatic nitrogens is 2. The number of rotatable bonds is 7. The molecule has 2 heterocycles. The fourth-order valence-corrected chi connectivity index (χ4v) is 2.23. The fraction of sp³-hybridized carbons (Fsp3) is 0.800. The predicted octanol–water partition coefficient (Wildman–Crippen LogP) is 1.61. The number of hydrogen-bond acceptors (Lipinski definition) is 6. The first-order chi connectivity index (χ1) is 10.6. The zero-order valence-corrected chi connectivity index (χ0v) is 13.7. The highest BCUT2D eigenvalue weighted by atomic mass is 16.7. The Morgan fingerprint density at radius 2 is 2.23 bits per heavy atom. The molecule has 22 heavy (non-hydrogen) atoms. The lowest BCUT2D eigenvalue weighted by molar-refractivity contribution is -0.182. The zero-order chi connectivity index (χ0) is 15.9. The molecule has 1 aliphatic rings. The fourth-order valence-electron chi connectivity index (χ4n) is 2.23. The quantitative estimate of drug-likeness (QED) is 0.762. The highest BCUT2D eigenvalue weighted by Gasteiger charge is 2.16. The molecular formula is C15H26N4O3. The van der Waals surface area contributed by atoms with E-state index in [1.807, 2.05) is 26.0 Å². The molecule has 0 N–H and O–H groups in total. The van der Waals surface area contributed by atoms with Crippen molar-refractivity contribution in [1.29, 1.82) is 0 Å². The van der Waals surface area contributed by atoms with Crippen molar-refractivity contribution >= 4 is 5.91 Å². The average molecular weight is 310 g/mol. The largest absolute Gasteiger partial charge is 0.345 e. The summed E-state index contributed by atoms with van der Waals surface area (Å²) in [5, 5.41) is 5.83. The highest BCUT2D eigenvalue weighted by Crippen LogP contribution is 2.11. The van der Waals surface area contributed by atoms with E-state index in [1.54, 1.807) is 4.90 Å². The topological polar surface area (TPSA) is 71.7 Å². The maximum absolute atomic E-state index is 12.1. The molecule has 1 aromatic rings. The smallest absolute Gasteiger partial charge is 0.229 e. The maximum atomic E-state index is 12.1. The van der Waals surface area contributed by atoms with Crippen LogP contribution in [-0.2, 0) is 16.1 Å². The van der Waals surface area contributed by atoms with Crippen molar-refractivity contribution in [1.82, 2.24) is 20.1 Å². The van der Waals surface area contributed by atoms with Gasteiger partial charge < -0.3 is 9.42 Å². The number of hydroxylamine groups is 2. The van der Waals surface area contributed by atoms with Crippen LogP contribution in [0.1, 0.15) is 50.7 Å². The number of likely N-dealkylation sites (N-methyl/N-ethyl adjacent to an activating group) is 1. The molecule has 0 radical (unpaired) electrons. The van der Waals surface area contributed by atoms with Crippen LogP contribution in [-0.4, -0.2) is 59.3 Å². The predicted molar refractivity (Wildman–Crippen MR) is 81.1 cm³/mol. The summed E-state index contributed by atoms with van der Waals surface area (Å²) in [7, 11) is 1.81. The lowest BCUT2D eigenvalue weighted by atomic mass is 10.2.